The Bertz CT molecular complexity index is 680. The minimum absolute atomic E-state index is 0.0650. The van der Waals surface area contributed by atoms with Gasteiger partial charge in [-0.15, -0.1) is 0 Å². The number of fused-ring (bicyclic) bond motifs is 1. The van der Waals surface area contributed by atoms with Gasteiger partial charge in [-0.1, -0.05) is 0 Å². The van der Waals surface area contributed by atoms with Gasteiger partial charge in [0.15, 0.2) is 0 Å². The van der Waals surface area contributed by atoms with Gasteiger partial charge in [0.05, 0.1) is 11.4 Å². The monoisotopic (exact) mass is 308 g/mol. The van der Waals surface area contributed by atoms with Crippen molar-refractivity contribution in [3.05, 3.63) is 29.3 Å². The molecule has 1 aromatic rings. The summed E-state index contributed by atoms with van der Waals surface area (Å²) in [6, 6.07) is 5.53. The lowest BCUT2D eigenvalue weighted by Crippen LogP contribution is -2.36. The summed E-state index contributed by atoms with van der Waals surface area (Å²) in [5.41, 5.74) is 2.26. The topological polar surface area (TPSA) is 66.5 Å². The second kappa shape index (κ2) is 5.02. The van der Waals surface area contributed by atoms with Crippen LogP contribution in [-0.2, 0) is 16.4 Å². The van der Waals surface area contributed by atoms with Gasteiger partial charge >= 0.3 is 0 Å². The van der Waals surface area contributed by atoms with E-state index in [0.717, 1.165) is 18.4 Å². The second-order valence-corrected chi connectivity index (χ2v) is 7.98. The molecular weight excluding hydrogens is 288 g/mol. The van der Waals surface area contributed by atoms with Crippen molar-refractivity contribution in [2.45, 2.75) is 45.2 Å². The quantitative estimate of drug-likeness (QED) is 0.920. The highest BCUT2D eigenvalue weighted by Crippen LogP contribution is 2.35. The molecule has 1 N–H and O–H groups in total. The summed E-state index contributed by atoms with van der Waals surface area (Å²) < 4.78 is 25.9. The van der Waals surface area contributed by atoms with Crippen LogP contribution in [0.5, 0.6) is 0 Å². The molecule has 0 unspecified atom stereocenters. The van der Waals surface area contributed by atoms with Crippen molar-refractivity contribution in [1.29, 1.82) is 0 Å². The zero-order chi connectivity index (χ0) is 15.2. The molecule has 114 valence electrons. The number of carbonyl (C=O) groups is 1. The van der Waals surface area contributed by atoms with E-state index < -0.39 is 10.0 Å². The minimum atomic E-state index is -3.27. The fraction of sp³-hybridized carbons (Fsp3) is 0.533. The lowest BCUT2D eigenvalue weighted by molar-refractivity contribution is 0.0951. The Balaban J connectivity index is 1.90. The number of sulfonamides is 1. The van der Waals surface area contributed by atoms with Gasteiger partial charge in [-0.3, -0.25) is 9.10 Å². The van der Waals surface area contributed by atoms with Crippen LogP contribution in [0.1, 0.15) is 42.6 Å². The van der Waals surface area contributed by atoms with Gasteiger partial charge < -0.3 is 5.32 Å². The molecule has 1 heterocycles. The number of rotatable bonds is 4. The smallest absolute Gasteiger partial charge is 0.251 e. The zero-order valence-electron chi connectivity index (χ0n) is 12.3. The first kappa shape index (κ1) is 14.4. The summed E-state index contributed by atoms with van der Waals surface area (Å²) in [6.07, 6.45) is 2.76. The molecule has 2 aliphatic rings. The third kappa shape index (κ3) is 2.64. The number of benzene rings is 1. The van der Waals surface area contributed by atoms with Crippen LogP contribution in [0.3, 0.4) is 0 Å². The standard InChI is InChI=1S/C15H20N2O3S/c1-3-21(19,20)17-10(2)8-12-9-11(4-7-14(12)17)15(18)16-13-5-6-13/h4,7,9-10,13H,3,5-6,8H2,1-2H3,(H,16,18)/t10-/m1/s1. The highest BCUT2D eigenvalue weighted by molar-refractivity contribution is 7.92. The molecule has 5 nitrogen and oxygen atoms in total. The van der Waals surface area contributed by atoms with Crippen molar-refractivity contribution in [3.63, 3.8) is 0 Å². The summed E-state index contributed by atoms with van der Waals surface area (Å²) >= 11 is 0. The van der Waals surface area contributed by atoms with Gasteiger partial charge in [0.2, 0.25) is 10.0 Å². The van der Waals surface area contributed by atoms with Gasteiger partial charge in [0, 0.05) is 17.6 Å². The van der Waals surface area contributed by atoms with Crippen molar-refractivity contribution in [3.8, 4) is 0 Å². The van der Waals surface area contributed by atoms with E-state index in [9.17, 15) is 13.2 Å². The van der Waals surface area contributed by atoms with E-state index in [1.165, 1.54) is 4.31 Å². The molecule has 1 aromatic carbocycles. The van der Waals surface area contributed by atoms with E-state index in [1.807, 2.05) is 13.0 Å². The molecule has 0 aromatic heterocycles. The lowest BCUT2D eigenvalue weighted by atomic mass is 10.1. The van der Waals surface area contributed by atoms with Gasteiger partial charge in [0.25, 0.3) is 5.91 Å². The average molecular weight is 308 g/mol. The van der Waals surface area contributed by atoms with Crippen LogP contribution in [0.25, 0.3) is 0 Å². The number of hydrogen-bond donors (Lipinski definition) is 1. The van der Waals surface area contributed by atoms with Crippen molar-refractivity contribution < 1.29 is 13.2 Å². The van der Waals surface area contributed by atoms with Gasteiger partial charge in [0.1, 0.15) is 0 Å². The highest BCUT2D eigenvalue weighted by atomic mass is 32.2. The third-order valence-electron chi connectivity index (χ3n) is 4.07. The van der Waals surface area contributed by atoms with Crippen LogP contribution >= 0.6 is 0 Å². The number of nitrogens with zero attached hydrogens (tertiary/aromatic N) is 1. The Morgan fingerprint density at radius 1 is 1.38 bits per heavy atom. The maximum Gasteiger partial charge on any atom is 0.251 e. The van der Waals surface area contributed by atoms with Crippen LogP contribution < -0.4 is 9.62 Å². The predicted octanol–water partition coefficient (Wildman–Crippen LogP) is 1.68. The van der Waals surface area contributed by atoms with E-state index in [-0.39, 0.29) is 17.7 Å². The molecule has 3 rings (SSSR count). The van der Waals surface area contributed by atoms with E-state index in [2.05, 4.69) is 5.32 Å². The van der Waals surface area contributed by atoms with E-state index in [0.29, 0.717) is 23.7 Å². The summed E-state index contributed by atoms with van der Waals surface area (Å²) in [5.74, 6) is 0.0190. The molecule has 21 heavy (non-hydrogen) atoms. The SMILES string of the molecule is CCS(=O)(=O)N1c2ccc(C(=O)NC3CC3)cc2C[C@H]1C. The maximum absolute atomic E-state index is 12.2. The number of anilines is 1. The van der Waals surface area contributed by atoms with Crippen molar-refractivity contribution >= 4 is 21.6 Å². The summed E-state index contributed by atoms with van der Waals surface area (Å²) in [7, 11) is -3.27. The molecule has 1 fully saturated rings. The molecule has 1 amide bonds. The van der Waals surface area contributed by atoms with Crippen LogP contribution in [0.2, 0.25) is 0 Å². The molecule has 0 bridgehead atoms. The van der Waals surface area contributed by atoms with Gasteiger partial charge in [-0.05, 0) is 56.9 Å². The maximum atomic E-state index is 12.2. The summed E-state index contributed by atoms with van der Waals surface area (Å²) in [4.78, 5) is 12.1. The number of carbonyl (C=O) groups excluding carboxylic acids is 1. The van der Waals surface area contributed by atoms with Crippen LogP contribution in [0.15, 0.2) is 18.2 Å². The fourth-order valence-corrected chi connectivity index (χ4v) is 4.18. The van der Waals surface area contributed by atoms with E-state index in [4.69, 9.17) is 0 Å². The van der Waals surface area contributed by atoms with Crippen LogP contribution in [-0.4, -0.2) is 32.2 Å². The summed E-state index contributed by atoms with van der Waals surface area (Å²) in [5, 5.41) is 2.95. The number of nitrogens with one attached hydrogen (secondary N) is 1. The molecule has 1 saturated carbocycles. The molecule has 1 aliphatic heterocycles. The van der Waals surface area contributed by atoms with Gasteiger partial charge in [-0.2, -0.15) is 0 Å². The van der Waals surface area contributed by atoms with E-state index in [1.54, 1.807) is 19.1 Å². The Morgan fingerprint density at radius 3 is 2.71 bits per heavy atom. The second-order valence-electron chi connectivity index (χ2n) is 5.84. The number of amides is 1. The summed E-state index contributed by atoms with van der Waals surface area (Å²) in [6.45, 7) is 3.55. The first-order chi connectivity index (χ1) is 9.92. The Labute approximate surface area is 125 Å². The van der Waals surface area contributed by atoms with Gasteiger partial charge in [-0.25, -0.2) is 8.42 Å². The molecule has 0 saturated heterocycles. The Hall–Kier alpha value is -1.56. The average Bonchev–Trinajstić information content (AvgIpc) is 3.17. The molecule has 0 radical (unpaired) electrons. The molecule has 1 aliphatic carbocycles. The predicted molar refractivity (Wildman–Crippen MR) is 82.0 cm³/mol. The third-order valence-corrected chi connectivity index (χ3v) is 5.96. The van der Waals surface area contributed by atoms with Crippen molar-refractivity contribution in [2.24, 2.45) is 0 Å². The molecule has 0 spiro atoms. The normalized spacial score (nSPS) is 21.2. The first-order valence-corrected chi connectivity index (χ1v) is 8.99. The fourth-order valence-electron chi connectivity index (χ4n) is 2.80. The van der Waals surface area contributed by atoms with Crippen LogP contribution in [0.4, 0.5) is 5.69 Å². The Kier molecular flexibility index (Phi) is 3.43. The largest absolute Gasteiger partial charge is 0.349 e. The van der Waals surface area contributed by atoms with Crippen molar-refractivity contribution in [2.75, 3.05) is 10.1 Å². The molecular formula is C15H20N2O3S. The van der Waals surface area contributed by atoms with Crippen molar-refractivity contribution in [1.82, 2.24) is 5.32 Å². The molecule has 6 heteroatoms. The number of hydrogen-bond acceptors (Lipinski definition) is 3. The highest BCUT2D eigenvalue weighted by Gasteiger charge is 2.34. The Morgan fingerprint density at radius 2 is 2.10 bits per heavy atom. The van der Waals surface area contributed by atoms with E-state index >= 15 is 0 Å². The lowest BCUT2D eigenvalue weighted by Gasteiger charge is -2.23. The zero-order valence-corrected chi connectivity index (χ0v) is 13.1. The van der Waals surface area contributed by atoms with Crippen LogP contribution in [0, 0.1) is 0 Å². The minimum Gasteiger partial charge on any atom is -0.349 e. The molecule has 1 atom stereocenters. The first-order valence-electron chi connectivity index (χ1n) is 7.38.